The molecule has 0 aliphatic heterocycles. The van der Waals surface area contributed by atoms with Gasteiger partial charge in [-0.05, 0) is 18.7 Å². The van der Waals surface area contributed by atoms with Crippen molar-refractivity contribution in [2.45, 2.75) is 36.9 Å². The Bertz CT molecular complexity index is 551. The fourth-order valence-corrected chi connectivity index (χ4v) is 2.26. The fourth-order valence-electron chi connectivity index (χ4n) is 1.48. The molecule has 7 heteroatoms. The largest absolute Gasteiger partial charge is 0.370 e. The first-order valence-electron chi connectivity index (χ1n) is 6.24. The summed E-state index contributed by atoms with van der Waals surface area (Å²) < 4.78 is 1.87. The van der Waals surface area contributed by atoms with Gasteiger partial charge in [0, 0.05) is 25.6 Å². The smallest absolute Gasteiger partial charge is 0.197 e. The van der Waals surface area contributed by atoms with E-state index in [2.05, 4.69) is 39.3 Å². The Kier molecular flexibility index (Phi) is 4.36. The minimum absolute atomic E-state index is 0.289. The van der Waals surface area contributed by atoms with Crippen LogP contribution >= 0.6 is 11.8 Å². The number of nitrogens with one attached hydrogen (secondary N) is 1. The number of anilines is 1. The van der Waals surface area contributed by atoms with Crippen LogP contribution in [0.5, 0.6) is 0 Å². The molecule has 0 radical (unpaired) electrons. The van der Waals surface area contributed by atoms with Gasteiger partial charge in [-0.3, -0.25) is 0 Å². The van der Waals surface area contributed by atoms with E-state index in [1.807, 2.05) is 24.6 Å². The molecule has 2 aromatic rings. The molecule has 2 heterocycles. The Balaban J connectivity index is 2.31. The Hall–Kier alpha value is -1.63. The second kappa shape index (κ2) is 6.01. The molecule has 0 saturated heterocycles. The normalized spacial score (nSPS) is 11.0. The Labute approximate surface area is 117 Å². The van der Waals surface area contributed by atoms with E-state index in [9.17, 15) is 0 Å². The standard InChI is InChI=1S/C12H18N6S/c1-5-13-9-6-10(16-11(15-9)8(2)3)19-12-17-14-7-18(12)4/h6-8H,5H2,1-4H3,(H,13,15,16). The van der Waals surface area contributed by atoms with Gasteiger partial charge in [-0.1, -0.05) is 13.8 Å². The van der Waals surface area contributed by atoms with E-state index in [0.717, 1.165) is 28.4 Å². The summed E-state index contributed by atoms with van der Waals surface area (Å²) in [7, 11) is 1.91. The lowest BCUT2D eigenvalue weighted by Crippen LogP contribution is -2.05. The summed E-state index contributed by atoms with van der Waals surface area (Å²) in [5.41, 5.74) is 0. The highest BCUT2D eigenvalue weighted by Gasteiger charge is 2.11. The molecule has 0 unspecified atom stereocenters. The zero-order valence-corrected chi connectivity index (χ0v) is 12.4. The third kappa shape index (κ3) is 3.44. The zero-order chi connectivity index (χ0) is 13.8. The lowest BCUT2D eigenvalue weighted by atomic mass is 10.2. The van der Waals surface area contributed by atoms with E-state index in [1.54, 1.807) is 6.33 Å². The van der Waals surface area contributed by atoms with Crippen molar-refractivity contribution in [3.05, 3.63) is 18.2 Å². The maximum Gasteiger partial charge on any atom is 0.197 e. The molecule has 0 fully saturated rings. The number of aryl methyl sites for hydroxylation is 1. The van der Waals surface area contributed by atoms with E-state index in [0.29, 0.717) is 0 Å². The maximum atomic E-state index is 4.56. The van der Waals surface area contributed by atoms with Crippen molar-refractivity contribution in [1.82, 2.24) is 24.7 Å². The van der Waals surface area contributed by atoms with E-state index in [1.165, 1.54) is 11.8 Å². The first-order valence-corrected chi connectivity index (χ1v) is 7.06. The van der Waals surface area contributed by atoms with Gasteiger partial charge in [0.05, 0.1) is 0 Å². The highest BCUT2D eigenvalue weighted by Crippen LogP contribution is 2.26. The molecule has 2 rings (SSSR count). The van der Waals surface area contributed by atoms with Gasteiger partial charge in [0.1, 0.15) is 23.0 Å². The number of aromatic nitrogens is 5. The molecule has 0 aliphatic carbocycles. The average Bonchev–Trinajstić information content (AvgIpc) is 2.75. The van der Waals surface area contributed by atoms with E-state index < -0.39 is 0 Å². The van der Waals surface area contributed by atoms with Crippen LogP contribution in [-0.4, -0.2) is 31.3 Å². The second-order valence-corrected chi connectivity index (χ2v) is 5.45. The highest BCUT2D eigenvalue weighted by molar-refractivity contribution is 7.99. The number of rotatable bonds is 5. The van der Waals surface area contributed by atoms with Crippen molar-refractivity contribution in [2.24, 2.45) is 7.05 Å². The minimum Gasteiger partial charge on any atom is -0.370 e. The van der Waals surface area contributed by atoms with Crippen molar-refractivity contribution in [3.63, 3.8) is 0 Å². The molecule has 0 aliphatic rings. The minimum atomic E-state index is 0.289. The van der Waals surface area contributed by atoms with Gasteiger partial charge in [0.2, 0.25) is 0 Å². The van der Waals surface area contributed by atoms with Crippen molar-refractivity contribution in [1.29, 1.82) is 0 Å². The number of hydrogen-bond acceptors (Lipinski definition) is 6. The summed E-state index contributed by atoms with van der Waals surface area (Å²) >= 11 is 1.49. The highest BCUT2D eigenvalue weighted by atomic mass is 32.2. The van der Waals surface area contributed by atoms with Crippen LogP contribution in [0.3, 0.4) is 0 Å². The van der Waals surface area contributed by atoms with Gasteiger partial charge < -0.3 is 9.88 Å². The molecule has 0 saturated carbocycles. The summed E-state index contributed by atoms with van der Waals surface area (Å²) in [5, 5.41) is 12.8. The molecule has 1 N–H and O–H groups in total. The SMILES string of the molecule is CCNc1cc(Sc2nncn2C)nc(C(C)C)n1. The first kappa shape index (κ1) is 13.8. The zero-order valence-electron chi connectivity index (χ0n) is 11.6. The number of nitrogens with zero attached hydrogens (tertiary/aromatic N) is 5. The van der Waals surface area contributed by atoms with Crippen molar-refractivity contribution < 1.29 is 0 Å². The van der Waals surface area contributed by atoms with Gasteiger partial charge in [0.25, 0.3) is 0 Å². The Morgan fingerprint density at radius 3 is 2.74 bits per heavy atom. The average molecular weight is 278 g/mol. The molecule has 6 nitrogen and oxygen atoms in total. The first-order chi connectivity index (χ1) is 9.10. The second-order valence-electron chi connectivity index (χ2n) is 4.46. The topological polar surface area (TPSA) is 68.5 Å². The van der Waals surface area contributed by atoms with Crippen LogP contribution in [0, 0.1) is 0 Å². The molecular weight excluding hydrogens is 260 g/mol. The van der Waals surface area contributed by atoms with Gasteiger partial charge in [0.15, 0.2) is 5.16 Å². The number of hydrogen-bond donors (Lipinski definition) is 1. The molecule has 19 heavy (non-hydrogen) atoms. The molecule has 0 spiro atoms. The predicted molar refractivity (Wildman–Crippen MR) is 75.4 cm³/mol. The maximum absolute atomic E-state index is 4.56. The summed E-state index contributed by atoms with van der Waals surface area (Å²) in [4.78, 5) is 9.06. The molecule has 2 aromatic heterocycles. The summed E-state index contributed by atoms with van der Waals surface area (Å²) in [6, 6.07) is 1.94. The third-order valence-corrected chi connectivity index (χ3v) is 3.43. The molecule has 0 aromatic carbocycles. The summed E-state index contributed by atoms with van der Waals surface area (Å²) in [5.74, 6) is 1.98. The molecule has 0 amide bonds. The van der Waals surface area contributed by atoms with Crippen LogP contribution in [0.15, 0.2) is 22.6 Å². The quantitative estimate of drug-likeness (QED) is 0.846. The van der Waals surface area contributed by atoms with Crippen LogP contribution in [0.2, 0.25) is 0 Å². The molecular formula is C12H18N6S. The van der Waals surface area contributed by atoms with Crippen LogP contribution in [0.1, 0.15) is 32.5 Å². The van der Waals surface area contributed by atoms with Crippen molar-refractivity contribution in [3.8, 4) is 0 Å². The molecule has 102 valence electrons. The fraction of sp³-hybridized carbons (Fsp3) is 0.500. The molecule has 0 bridgehead atoms. The van der Waals surface area contributed by atoms with Gasteiger partial charge >= 0.3 is 0 Å². The predicted octanol–water partition coefficient (Wildman–Crippen LogP) is 2.31. The van der Waals surface area contributed by atoms with Gasteiger partial charge in [-0.2, -0.15) is 0 Å². The van der Waals surface area contributed by atoms with Gasteiger partial charge in [-0.15, -0.1) is 10.2 Å². The van der Waals surface area contributed by atoms with Crippen LogP contribution in [0.25, 0.3) is 0 Å². The van der Waals surface area contributed by atoms with Crippen molar-refractivity contribution >= 4 is 17.6 Å². The van der Waals surface area contributed by atoms with Crippen LogP contribution in [-0.2, 0) is 7.05 Å². The van der Waals surface area contributed by atoms with Crippen molar-refractivity contribution in [2.75, 3.05) is 11.9 Å². The van der Waals surface area contributed by atoms with Gasteiger partial charge in [-0.25, -0.2) is 9.97 Å². The monoisotopic (exact) mass is 278 g/mol. The lowest BCUT2D eigenvalue weighted by Gasteiger charge is -2.10. The Morgan fingerprint density at radius 1 is 1.37 bits per heavy atom. The van der Waals surface area contributed by atoms with E-state index >= 15 is 0 Å². The third-order valence-electron chi connectivity index (χ3n) is 2.46. The lowest BCUT2D eigenvalue weighted by molar-refractivity contribution is 0.749. The summed E-state index contributed by atoms with van der Waals surface area (Å²) in [6.45, 7) is 7.05. The van der Waals surface area contributed by atoms with E-state index in [-0.39, 0.29) is 5.92 Å². The van der Waals surface area contributed by atoms with Crippen LogP contribution in [0.4, 0.5) is 5.82 Å². The van der Waals surface area contributed by atoms with E-state index in [4.69, 9.17) is 0 Å². The summed E-state index contributed by atoms with van der Waals surface area (Å²) in [6.07, 6.45) is 1.68. The van der Waals surface area contributed by atoms with Crippen LogP contribution < -0.4 is 5.32 Å². The molecule has 0 atom stereocenters. The Morgan fingerprint density at radius 2 is 2.16 bits per heavy atom.